The summed E-state index contributed by atoms with van der Waals surface area (Å²) in [6.07, 6.45) is 0. The fraction of sp³-hybridized carbons (Fsp3) is 0.208. The van der Waals surface area contributed by atoms with E-state index in [4.69, 9.17) is 34.8 Å². The number of rotatable bonds is 10. The van der Waals surface area contributed by atoms with Crippen LogP contribution in [-0.2, 0) is 20.6 Å². The summed E-state index contributed by atoms with van der Waals surface area (Å²) in [5.74, 6) is 0.949. The summed E-state index contributed by atoms with van der Waals surface area (Å²) in [6.45, 7) is 1.80. The highest BCUT2D eigenvalue weighted by Crippen LogP contribution is 2.29. The van der Waals surface area contributed by atoms with Gasteiger partial charge in [0, 0.05) is 23.1 Å². The van der Waals surface area contributed by atoms with E-state index in [1.165, 1.54) is 12.1 Å². The number of sulfonamides is 1. The molecule has 0 heterocycles. The third-order valence-electron chi connectivity index (χ3n) is 4.88. The van der Waals surface area contributed by atoms with Gasteiger partial charge in [0.05, 0.1) is 20.6 Å². The number of halogens is 3. The second-order valence-electron chi connectivity index (χ2n) is 7.41. The van der Waals surface area contributed by atoms with Crippen LogP contribution in [0.2, 0.25) is 15.1 Å². The van der Waals surface area contributed by atoms with Gasteiger partial charge in [-0.15, -0.1) is 0 Å². The van der Waals surface area contributed by atoms with Crippen molar-refractivity contribution in [1.82, 2.24) is 5.32 Å². The van der Waals surface area contributed by atoms with E-state index in [-0.39, 0.29) is 11.4 Å². The Morgan fingerprint density at radius 3 is 2.41 bits per heavy atom. The molecule has 34 heavy (non-hydrogen) atoms. The maximum atomic E-state index is 13.4. The molecular weight excluding hydrogens is 535 g/mol. The van der Waals surface area contributed by atoms with Crippen molar-refractivity contribution in [3.63, 3.8) is 0 Å². The van der Waals surface area contributed by atoms with E-state index in [9.17, 15) is 13.2 Å². The zero-order chi connectivity index (χ0) is 24.7. The first-order valence-electron chi connectivity index (χ1n) is 10.3. The molecule has 0 aliphatic heterocycles. The number of nitrogens with one attached hydrogen (secondary N) is 1. The summed E-state index contributed by atoms with van der Waals surface area (Å²) < 4.78 is 27.9. The van der Waals surface area contributed by atoms with Gasteiger partial charge in [-0.2, -0.15) is 11.8 Å². The minimum atomic E-state index is -3.98. The number of benzene rings is 3. The Morgan fingerprint density at radius 1 is 0.971 bits per heavy atom. The minimum Gasteiger partial charge on any atom is -0.354 e. The van der Waals surface area contributed by atoms with Gasteiger partial charge in [-0.3, -0.25) is 9.10 Å². The van der Waals surface area contributed by atoms with Crippen LogP contribution in [0.5, 0.6) is 0 Å². The number of nitrogens with zero attached hydrogens (tertiary/aromatic N) is 1. The van der Waals surface area contributed by atoms with E-state index in [0.717, 1.165) is 9.87 Å². The first-order valence-corrected chi connectivity index (χ1v) is 14.0. The topological polar surface area (TPSA) is 66.5 Å². The highest BCUT2D eigenvalue weighted by Gasteiger charge is 2.28. The molecule has 0 unspecified atom stereocenters. The van der Waals surface area contributed by atoms with Crippen LogP contribution in [0.3, 0.4) is 0 Å². The van der Waals surface area contributed by atoms with Crippen LogP contribution in [0.4, 0.5) is 5.69 Å². The molecule has 1 N–H and O–H groups in total. The van der Waals surface area contributed by atoms with Gasteiger partial charge in [0.2, 0.25) is 5.91 Å². The average molecular weight is 558 g/mol. The van der Waals surface area contributed by atoms with E-state index in [2.05, 4.69) is 5.32 Å². The van der Waals surface area contributed by atoms with Crippen LogP contribution in [-0.4, -0.2) is 33.2 Å². The Labute approximate surface area is 219 Å². The van der Waals surface area contributed by atoms with Crippen molar-refractivity contribution in [2.45, 2.75) is 17.6 Å². The Kier molecular flexibility index (Phi) is 9.56. The third-order valence-corrected chi connectivity index (χ3v) is 8.66. The predicted octanol–water partition coefficient (Wildman–Crippen LogP) is 6.20. The number of hydrogen-bond acceptors (Lipinski definition) is 4. The quantitative estimate of drug-likeness (QED) is 0.301. The molecule has 3 rings (SSSR count). The Morgan fingerprint density at radius 2 is 1.71 bits per heavy atom. The largest absolute Gasteiger partial charge is 0.354 e. The standard InChI is InChI=1S/C24H23Cl3N2O3S2/c1-17-7-9-19(25)14-23(17)29(34(31,32)20-5-3-2-4-6-20)15-24(30)28-11-12-33-16-18-8-10-21(26)22(27)13-18/h2-10,13-14H,11-12,15-16H2,1H3,(H,28,30). The molecule has 0 atom stereocenters. The highest BCUT2D eigenvalue weighted by atomic mass is 35.5. The van der Waals surface area contributed by atoms with Crippen molar-refractivity contribution in [3.05, 3.63) is 92.9 Å². The number of hydrogen-bond donors (Lipinski definition) is 1. The number of amides is 1. The molecule has 0 aromatic heterocycles. The van der Waals surface area contributed by atoms with Crippen molar-refractivity contribution in [2.75, 3.05) is 23.1 Å². The van der Waals surface area contributed by atoms with Gasteiger partial charge in [0.15, 0.2) is 0 Å². The first-order chi connectivity index (χ1) is 16.2. The summed E-state index contributed by atoms with van der Waals surface area (Å²) >= 11 is 19.7. The molecule has 0 aliphatic carbocycles. The summed E-state index contributed by atoms with van der Waals surface area (Å²) in [5, 5.41) is 4.19. The molecule has 0 saturated carbocycles. The minimum absolute atomic E-state index is 0.0966. The van der Waals surface area contributed by atoms with E-state index in [0.29, 0.717) is 44.4 Å². The van der Waals surface area contributed by atoms with Gasteiger partial charge in [-0.25, -0.2) is 8.42 Å². The van der Waals surface area contributed by atoms with E-state index in [1.807, 2.05) is 12.1 Å². The molecule has 3 aromatic rings. The molecule has 3 aromatic carbocycles. The molecule has 0 fully saturated rings. The average Bonchev–Trinajstić information content (AvgIpc) is 2.81. The van der Waals surface area contributed by atoms with Crippen molar-refractivity contribution >= 4 is 68.2 Å². The zero-order valence-electron chi connectivity index (χ0n) is 18.3. The smallest absolute Gasteiger partial charge is 0.264 e. The van der Waals surface area contributed by atoms with Crippen molar-refractivity contribution in [3.8, 4) is 0 Å². The van der Waals surface area contributed by atoms with E-state index < -0.39 is 15.9 Å². The van der Waals surface area contributed by atoms with Crippen molar-refractivity contribution < 1.29 is 13.2 Å². The van der Waals surface area contributed by atoms with Gasteiger partial charge in [-0.05, 0) is 54.4 Å². The number of carbonyl (C=O) groups excluding carboxylic acids is 1. The van der Waals surface area contributed by atoms with Gasteiger partial charge in [-0.1, -0.05) is 65.1 Å². The van der Waals surface area contributed by atoms with Gasteiger partial charge in [0.25, 0.3) is 10.0 Å². The Balaban J connectivity index is 1.66. The lowest BCUT2D eigenvalue weighted by Crippen LogP contribution is -2.41. The van der Waals surface area contributed by atoms with Gasteiger partial charge in [0.1, 0.15) is 6.54 Å². The SMILES string of the molecule is Cc1ccc(Cl)cc1N(CC(=O)NCCSCc1ccc(Cl)c(Cl)c1)S(=O)(=O)c1ccccc1. The summed E-state index contributed by atoms with van der Waals surface area (Å²) in [6, 6.07) is 18.4. The van der Waals surface area contributed by atoms with Crippen LogP contribution >= 0.6 is 46.6 Å². The zero-order valence-corrected chi connectivity index (χ0v) is 22.2. The molecular formula is C24H23Cl3N2O3S2. The second kappa shape index (κ2) is 12.2. The van der Waals surface area contributed by atoms with Crippen molar-refractivity contribution in [2.24, 2.45) is 0 Å². The fourth-order valence-electron chi connectivity index (χ4n) is 3.14. The number of anilines is 1. The lowest BCUT2D eigenvalue weighted by atomic mass is 10.2. The van der Waals surface area contributed by atoms with Crippen molar-refractivity contribution in [1.29, 1.82) is 0 Å². The summed E-state index contributed by atoms with van der Waals surface area (Å²) in [4.78, 5) is 12.8. The molecule has 0 bridgehead atoms. The second-order valence-corrected chi connectivity index (χ2v) is 11.6. The van der Waals surface area contributed by atoms with Gasteiger partial charge < -0.3 is 5.32 Å². The third kappa shape index (κ3) is 7.06. The normalized spacial score (nSPS) is 11.3. The van der Waals surface area contributed by atoms with Crippen LogP contribution in [0, 0.1) is 6.92 Å². The van der Waals surface area contributed by atoms with Crippen LogP contribution in [0.1, 0.15) is 11.1 Å². The van der Waals surface area contributed by atoms with Crippen LogP contribution in [0.15, 0.2) is 71.6 Å². The van der Waals surface area contributed by atoms with E-state index >= 15 is 0 Å². The molecule has 5 nitrogen and oxygen atoms in total. The molecule has 1 amide bonds. The highest BCUT2D eigenvalue weighted by molar-refractivity contribution is 7.98. The Hall–Kier alpha value is -1.90. The molecule has 0 radical (unpaired) electrons. The summed E-state index contributed by atoms with van der Waals surface area (Å²) in [5.41, 5.74) is 2.08. The van der Waals surface area contributed by atoms with Crippen LogP contribution < -0.4 is 9.62 Å². The first kappa shape index (κ1) is 26.7. The van der Waals surface area contributed by atoms with Gasteiger partial charge >= 0.3 is 0 Å². The maximum Gasteiger partial charge on any atom is 0.264 e. The lowest BCUT2D eigenvalue weighted by molar-refractivity contribution is -0.119. The Bertz CT molecular complexity index is 1260. The number of carbonyl (C=O) groups is 1. The van der Waals surface area contributed by atoms with E-state index in [1.54, 1.807) is 61.2 Å². The maximum absolute atomic E-state index is 13.4. The monoisotopic (exact) mass is 556 g/mol. The molecule has 0 aliphatic rings. The summed E-state index contributed by atoms with van der Waals surface area (Å²) in [7, 11) is -3.98. The number of thioether (sulfide) groups is 1. The molecule has 0 saturated heterocycles. The fourth-order valence-corrected chi connectivity index (χ4v) is 5.93. The molecule has 0 spiro atoms. The molecule has 10 heteroatoms. The molecule has 180 valence electrons. The predicted molar refractivity (Wildman–Crippen MR) is 143 cm³/mol. The lowest BCUT2D eigenvalue weighted by Gasteiger charge is -2.25. The number of aryl methyl sites for hydroxylation is 1. The van der Waals surface area contributed by atoms with Crippen LogP contribution in [0.25, 0.3) is 0 Å².